The molecule has 0 N–H and O–H groups in total. The van der Waals surface area contributed by atoms with Gasteiger partial charge >= 0.3 is 0 Å². The van der Waals surface area contributed by atoms with Gasteiger partial charge in [-0.3, -0.25) is 4.98 Å². The fourth-order valence-electron chi connectivity index (χ4n) is 9.03. The predicted octanol–water partition coefficient (Wildman–Crippen LogP) is 12.2. The van der Waals surface area contributed by atoms with Crippen molar-refractivity contribution in [2.75, 3.05) is 4.90 Å². The Bertz CT molecular complexity index is 2580. The Balaban J connectivity index is 1.36. The van der Waals surface area contributed by atoms with Gasteiger partial charge in [0.2, 0.25) is 0 Å². The number of anilines is 3. The van der Waals surface area contributed by atoms with E-state index in [9.17, 15) is 10.5 Å². The first-order valence-corrected chi connectivity index (χ1v) is 18.0. The fraction of sp³-hybridized carbons (Fsp3) is 0.122. The van der Waals surface area contributed by atoms with Crippen LogP contribution in [0.3, 0.4) is 0 Å². The molecule has 7 aromatic rings. The maximum atomic E-state index is 10.4. The van der Waals surface area contributed by atoms with Gasteiger partial charge in [0, 0.05) is 22.7 Å². The predicted molar refractivity (Wildman–Crippen MR) is 214 cm³/mol. The van der Waals surface area contributed by atoms with Gasteiger partial charge in [-0.25, -0.2) is 0 Å². The van der Waals surface area contributed by atoms with Crippen molar-refractivity contribution in [3.05, 3.63) is 179 Å². The summed E-state index contributed by atoms with van der Waals surface area (Å²) in [6, 6.07) is 51.5. The quantitative estimate of drug-likeness (QED) is 0.181. The molecule has 4 heteroatoms. The number of benzene rings is 6. The molecule has 1 heterocycles. The largest absolute Gasteiger partial charge is 0.308 e. The summed E-state index contributed by atoms with van der Waals surface area (Å²) in [5, 5.41) is 20.2. The molecule has 0 spiro atoms. The highest BCUT2D eigenvalue weighted by Crippen LogP contribution is 2.55. The summed E-state index contributed by atoms with van der Waals surface area (Å²) in [5.41, 5.74) is 17.6. The van der Waals surface area contributed by atoms with Crippen LogP contribution >= 0.6 is 0 Å². The molecule has 53 heavy (non-hydrogen) atoms. The number of nitrogens with zero attached hydrogens (tertiary/aromatic N) is 4. The van der Waals surface area contributed by atoms with Gasteiger partial charge in [-0.15, -0.1) is 0 Å². The van der Waals surface area contributed by atoms with E-state index in [1.54, 1.807) is 18.3 Å². The summed E-state index contributed by atoms with van der Waals surface area (Å²) in [6.45, 7) is 9.31. The topological polar surface area (TPSA) is 63.7 Å². The molecular weight excluding hydrogens is 645 g/mol. The second kappa shape index (κ2) is 11.9. The molecule has 9 rings (SSSR count). The summed E-state index contributed by atoms with van der Waals surface area (Å²) in [6.07, 6.45) is 3.58. The number of aromatic nitrogens is 1. The maximum Gasteiger partial charge on any atom is 0.101 e. The second-order valence-electron chi connectivity index (χ2n) is 15.1. The lowest BCUT2D eigenvalue weighted by Gasteiger charge is -2.29. The minimum atomic E-state index is -0.222. The van der Waals surface area contributed by atoms with E-state index in [-0.39, 0.29) is 10.8 Å². The fourth-order valence-corrected chi connectivity index (χ4v) is 9.03. The molecule has 1 aromatic heterocycles. The molecule has 0 bridgehead atoms. The van der Waals surface area contributed by atoms with E-state index in [0.29, 0.717) is 16.8 Å². The lowest BCUT2D eigenvalue weighted by Crippen LogP contribution is -2.17. The van der Waals surface area contributed by atoms with Gasteiger partial charge in [0.05, 0.1) is 34.8 Å². The minimum Gasteiger partial charge on any atom is -0.308 e. The molecule has 0 saturated heterocycles. The van der Waals surface area contributed by atoms with Crippen molar-refractivity contribution in [2.24, 2.45) is 0 Å². The third kappa shape index (κ3) is 4.84. The number of hydrogen-bond acceptors (Lipinski definition) is 4. The Hall–Kier alpha value is -6.75. The van der Waals surface area contributed by atoms with Crippen molar-refractivity contribution in [1.29, 1.82) is 10.5 Å². The molecule has 0 unspecified atom stereocenters. The van der Waals surface area contributed by atoms with E-state index in [4.69, 9.17) is 0 Å². The van der Waals surface area contributed by atoms with Crippen molar-refractivity contribution in [3.63, 3.8) is 0 Å². The zero-order valence-corrected chi connectivity index (χ0v) is 30.1. The Morgan fingerprint density at radius 1 is 0.509 bits per heavy atom. The molecule has 252 valence electrons. The first-order valence-electron chi connectivity index (χ1n) is 18.0. The lowest BCUT2D eigenvalue weighted by atomic mass is 9.77. The average molecular weight is 681 g/mol. The second-order valence-corrected chi connectivity index (χ2v) is 15.1. The molecule has 0 atom stereocenters. The molecule has 4 nitrogen and oxygen atoms in total. The van der Waals surface area contributed by atoms with Crippen LogP contribution in [0.25, 0.3) is 44.5 Å². The van der Waals surface area contributed by atoms with Gasteiger partial charge in [-0.1, -0.05) is 113 Å². The summed E-state index contributed by atoms with van der Waals surface area (Å²) in [5.74, 6) is 0. The van der Waals surface area contributed by atoms with E-state index in [1.807, 2.05) is 24.4 Å². The van der Waals surface area contributed by atoms with Crippen molar-refractivity contribution in [1.82, 2.24) is 4.98 Å². The van der Waals surface area contributed by atoms with Crippen LogP contribution in [0.1, 0.15) is 61.1 Å². The van der Waals surface area contributed by atoms with Crippen molar-refractivity contribution in [3.8, 4) is 56.6 Å². The van der Waals surface area contributed by atoms with Crippen LogP contribution in [0.2, 0.25) is 0 Å². The van der Waals surface area contributed by atoms with Gasteiger partial charge in [0.1, 0.15) is 6.07 Å². The summed E-state index contributed by atoms with van der Waals surface area (Å²) in [4.78, 5) is 6.61. The van der Waals surface area contributed by atoms with Crippen molar-refractivity contribution in [2.45, 2.75) is 38.5 Å². The van der Waals surface area contributed by atoms with E-state index in [0.717, 1.165) is 22.5 Å². The van der Waals surface area contributed by atoms with Gasteiger partial charge in [-0.2, -0.15) is 10.5 Å². The van der Waals surface area contributed by atoms with E-state index >= 15 is 0 Å². The van der Waals surface area contributed by atoms with Gasteiger partial charge < -0.3 is 4.90 Å². The van der Waals surface area contributed by atoms with Crippen LogP contribution in [-0.2, 0) is 10.8 Å². The minimum absolute atomic E-state index is 0.222. The number of hydrogen-bond donors (Lipinski definition) is 0. The molecule has 0 saturated carbocycles. The molecule has 0 amide bonds. The third-order valence-corrected chi connectivity index (χ3v) is 11.3. The average Bonchev–Trinajstić information content (AvgIpc) is 3.58. The molecule has 0 aliphatic heterocycles. The van der Waals surface area contributed by atoms with Crippen LogP contribution in [0.15, 0.2) is 146 Å². The highest BCUT2D eigenvalue weighted by Gasteiger charge is 2.39. The molecule has 2 aliphatic carbocycles. The molecule has 2 aliphatic rings. The zero-order chi connectivity index (χ0) is 36.5. The standard InChI is InChI=1S/C49H36N4/c1-48(2)43-19-7-5-13-39(43)41-17-9-15-37(46(41)48)32-25-33(38-16-10-18-42-40-14-6-8-20-44(40)49(3,4)47(38)42)27-36(26-32)53(35-12-11-23-52-30-35)45-22-21-31(28-50)24-34(45)29-51/h5-27,30H,1-4H3. The number of pyridine rings is 1. The summed E-state index contributed by atoms with van der Waals surface area (Å²) < 4.78 is 0. The monoisotopic (exact) mass is 680 g/mol. The first-order chi connectivity index (χ1) is 25.7. The Morgan fingerprint density at radius 2 is 1.06 bits per heavy atom. The normalized spacial score (nSPS) is 13.9. The number of fused-ring (bicyclic) bond motifs is 6. The van der Waals surface area contributed by atoms with Crippen LogP contribution < -0.4 is 4.90 Å². The van der Waals surface area contributed by atoms with Crippen LogP contribution in [-0.4, -0.2) is 4.98 Å². The van der Waals surface area contributed by atoms with Gasteiger partial charge in [-0.05, 0) is 115 Å². The molecule has 6 aromatic carbocycles. The SMILES string of the molecule is CC1(C)c2ccccc2-c2cccc(-c3cc(-c4cccc5c4C(C)(C)c4ccccc4-5)cc(N(c4cccnc4)c4ccc(C#N)cc4C#N)c3)c21. The van der Waals surface area contributed by atoms with Crippen molar-refractivity contribution < 1.29 is 0 Å². The highest BCUT2D eigenvalue weighted by molar-refractivity contribution is 5.94. The van der Waals surface area contributed by atoms with Crippen LogP contribution in [0.4, 0.5) is 17.1 Å². The van der Waals surface area contributed by atoms with Gasteiger partial charge in [0.15, 0.2) is 0 Å². The number of rotatable bonds is 5. The Morgan fingerprint density at radius 3 is 1.58 bits per heavy atom. The van der Waals surface area contributed by atoms with E-state index in [2.05, 4.69) is 153 Å². The highest BCUT2D eigenvalue weighted by atomic mass is 15.1. The zero-order valence-electron chi connectivity index (χ0n) is 30.1. The van der Waals surface area contributed by atoms with E-state index < -0.39 is 0 Å². The first kappa shape index (κ1) is 32.2. The summed E-state index contributed by atoms with van der Waals surface area (Å²) >= 11 is 0. The maximum absolute atomic E-state index is 10.4. The molecular formula is C49H36N4. The van der Waals surface area contributed by atoms with Crippen LogP contribution in [0.5, 0.6) is 0 Å². The van der Waals surface area contributed by atoms with E-state index in [1.165, 1.54) is 55.6 Å². The number of nitriles is 2. The molecule has 0 fully saturated rings. The molecule has 0 radical (unpaired) electrons. The lowest BCUT2D eigenvalue weighted by molar-refractivity contribution is 0.662. The smallest absolute Gasteiger partial charge is 0.101 e. The third-order valence-electron chi connectivity index (χ3n) is 11.3. The van der Waals surface area contributed by atoms with Gasteiger partial charge in [0.25, 0.3) is 0 Å². The Kier molecular flexibility index (Phi) is 7.23. The Labute approximate surface area is 310 Å². The summed E-state index contributed by atoms with van der Waals surface area (Å²) in [7, 11) is 0. The van der Waals surface area contributed by atoms with Crippen LogP contribution in [0, 0.1) is 22.7 Å². The van der Waals surface area contributed by atoms with Crippen molar-refractivity contribution >= 4 is 17.1 Å².